The molecule has 0 heterocycles. The van der Waals surface area contributed by atoms with E-state index in [1.54, 1.807) is 0 Å². The van der Waals surface area contributed by atoms with Gasteiger partial charge in [0.2, 0.25) is 0 Å². The molecule has 0 aliphatic carbocycles. The van der Waals surface area contributed by atoms with Gasteiger partial charge in [-0.05, 0) is 0 Å². The second kappa shape index (κ2) is 8.38. The van der Waals surface area contributed by atoms with E-state index in [2.05, 4.69) is 13.8 Å². The molecule has 0 aromatic heterocycles. The molecule has 0 spiro atoms. The first-order valence-electron chi connectivity index (χ1n) is 4.53. The van der Waals surface area contributed by atoms with Crippen LogP contribution in [-0.2, 0) is 26.2 Å². The van der Waals surface area contributed by atoms with Gasteiger partial charge in [-0.15, -0.1) is 24.3 Å². The molecule has 0 aliphatic rings. The van der Waals surface area contributed by atoms with Gasteiger partial charge in [0.25, 0.3) is 0 Å². The maximum absolute atomic E-state index is 3.72. The molecule has 0 radical (unpaired) electrons. The molecule has 1 heteroatoms. The van der Waals surface area contributed by atoms with Crippen LogP contribution in [-0.4, -0.2) is 0 Å². The summed E-state index contributed by atoms with van der Waals surface area (Å²) in [5.41, 5.74) is 2.14. The summed E-state index contributed by atoms with van der Waals surface area (Å²) < 4.78 is 0. The molecule has 2 rings (SSSR count). The zero-order valence-electron chi connectivity index (χ0n) is 8.69. The molecule has 0 atom stereocenters. The minimum atomic E-state index is 0. The third kappa shape index (κ3) is 7.05. The van der Waals surface area contributed by atoms with Crippen LogP contribution in [0.3, 0.4) is 0 Å². The summed E-state index contributed by atoms with van der Waals surface area (Å²) in [5, 5.41) is 0. The Labute approximate surface area is 111 Å². The first-order valence-corrected chi connectivity index (χ1v) is 4.53. The molecular formula is C14H14Zr. The number of hydrogen-bond donors (Lipinski definition) is 0. The van der Waals surface area contributed by atoms with Crippen LogP contribution in [0.4, 0.5) is 0 Å². The van der Waals surface area contributed by atoms with E-state index in [4.69, 9.17) is 0 Å². The Morgan fingerprint density at radius 2 is 0.800 bits per heavy atom. The van der Waals surface area contributed by atoms with Crippen molar-refractivity contribution in [3.05, 3.63) is 85.6 Å². The average Bonchev–Trinajstić information content (AvgIpc) is 2.21. The Morgan fingerprint density at radius 3 is 0.933 bits per heavy atom. The summed E-state index contributed by atoms with van der Waals surface area (Å²) in [5.74, 6) is 0. The normalized spacial score (nSPS) is 8.00. The minimum absolute atomic E-state index is 0. The second-order valence-electron chi connectivity index (χ2n) is 2.97. The second-order valence-corrected chi connectivity index (χ2v) is 2.97. The van der Waals surface area contributed by atoms with Crippen LogP contribution in [0.15, 0.2) is 60.7 Å². The van der Waals surface area contributed by atoms with E-state index in [0.717, 1.165) is 11.1 Å². The molecule has 2 aromatic carbocycles. The summed E-state index contributed by atoms with van der Waals surface area (Å²) in [4.78, 5) is 0. The van der Waals surface area contributed by atoms with E-state index in [9.17, 15) is 0 Å². The van der Waals surface area contributed by atoms with Crippen molar-refractivity contribution in [3.63, 3.8) is 0 Å². The Kier molecular flexibility index (Phi) is 7.85. The summed E-state index contributed by atoms with van der Waals surface area (Å²) in [6.07, 6.45) is 0. The summed E-state index contributed by atoms with van der Waals surface area (Å²) in [6, 6.07) is 19.7. The summed E-state index contributed by atoms with van der Waals surface area (Å²) in [6.45, 7) is 7.44. The van der Waals surface area contributed by atoms with Crippen LogP contribution in [0.2, 0.25) is 0 Å². The van der Waals surface area contributed by atoms with Crippen LogP contribution in [0.25, 0.3) is 0 Å². The third-order valence-corrected chi connectivity index (χ3v) is 1.69. The monoisotopic (exact) mass is 272 g/mol. The van der Waals surface area contributed by atoms with E-state index in [1.807, 2.05) is 60.7 Å². The molecular weight excluding hydrogens is 259 g/mol. The van der Waals surface area contributed by atoms with Crippen LogP contribution in [0, 0.1) is 13.8 Å². The quantitative estimate of drug-likeness (QED) is 0.642. The molecule has 0 nitrogen and oxygen atoms in total. The fraction of sp³-hybridized carbons (Fsp3) is 0. The van der Waals surface area contributed by atoms with Crippen molar-refractivity contribution < 1.29 is 26.2 Å². The van der Waals surface area contributed by atoms with E-state index < -0.39 is 0 Å². The minimum Gasteiger partial charge on any atom is -0.199 e. The van der Waals surface area contributed by atoms with Gasteiger partial charge in [-0.3, -0.25) is 0 Å². The standard InChI is InChI=1S/2C7H7.Zr/c2*1-7-5-3-2-4-6-7;/h2*2-6H,1H2;/q2*-1;+2. The molecule has 0 saturated carbocycles. The van der Waals surface area contributed by atoms with Crippen LogP contribution >= 0.6 is 0 Å². The number of rotatable bonds is 0. The molecule has 0 fully saturated rings. The Balaban J connectivity index is 0.000000245. The first-order chi connectivity index (χ1) is 6.79. The van der Waals surface area contributed by atoms with Gasteiger partial charge in [0.1, 0.15) is 0 Å². The summed E-state index contributed by atoms with van der Waals surface area (Å²) >= 11 is 0. The Hall–Kier alpha value is -0.937. The molecule has 74 valence electrons. The number of benzene rings is 2. The fourth-order valence-corrected chi connectivity index (χ4v) is 0.956. The van der Waals surface area contributed by atoms with Gasteiger partial charge in [0.15, 0.2) is 0 Å². The third-order valence-electron chi connectivity index (χ3n) is 1.69. The summed E-state index contributed by atoms with van der Waals surface area (Å²) in [7, 11) is 0. The smallest absolute Gasteiger partial charge is 0.199 e. The molecule has 0 saturated heterocycles. The van der Waals surface area contributed by atoms with Gasteiger partial charge in [-0.2, -0.15) is 49.2 Å². The van der Waals surface area contributed by atoms with Crippen molar-refractivity contribution in [1.82, 2.24) is 0 Å². The molecule has 0 unspecified atom stereocenters. The predicted molar refractivity (Wildman–Crippen MR) is 61.8 cm³/mol. The van der Waals surface area contributed by atoms with E-state index in [0.29, 0.717) is 0 Å². The largest absolute Gasteiger partial charge is 2.00 e. The van der Waals surface area contributed by atoms with Crippen molar-refractivity contribution in [2.24, 2.45) is 0 Å². The maximum atomic E-state index is 3.72. The van der Waals surface area contributed by atoms with Crippen LogP contribution in [0.1, 0.15) is 11.1 Å². The topological polar surface area (TPSA) is 0 Å². The maximum Gasteiger partial charge on any atom is 2.00 e. The molecule has 0 bridgehead atoms. The van der Waals surface area contributed by atoms with Gasteiger partial charge >= 0.3 is 26.2 Å². The average molecular weight is 273 g/mol. The van der Waals surface area contributed by atoms with Crippen molar-refractivity contribution in [1.29, 1.82) is 0 Å². The van der Waals surface area contributed by atoms with Crippen LogP contribution < -0.4 is 0 Å². The van der Waals surface area contributed by atoms with Crippen LogP contribution in [0.5, 0.6) is 0 Å². The molecule has 0 N–H and O–H groups in total. The SMILES string of the molecule is [CH2-]c1ccccc1.[CH2-]c1ccccc1.[Zr+2]. The van der Waals surface area contributed by atoms with E-state index in [-0.39, 0.29) is 26.2 Å². The zero-order valence-corrected chi connectivity index (χ0v) is 11.1. The first kappa shape index (κ1) is 14.1. The molecule has 15 heavy (non-hydrogen) atoms. The van der Waals surface area contributed by atoms with Crippen molar-refractivity contribution in [3.8, 4) is 0 Å². The predicted octanol–water partition coefficient (Wildman–Crippen LogP) is 3.74. The van der Waals surface area contributed by atoms with E-state index >= 15 is 0 Å². The Morgan fingerprint density at radius 1 is 0.533 bits per heavy atom. The Bertz CT molecular complexity index is 303. The van der Waals surface area contributed by atoms with Crippen molar-refractivity contribution >= 4 is 0 Å². The van der Waals surface area contributed by atoms with Gasteiger partial charge < -0.3 is 0 Å². The van der Waals surface area contributed by atoms with Gasteiger partial charge in [-0.25, -0.2) is 0 Å². The number of hydrogen-bond acceptors (Lipinski definition) is 0. The molecule has 0 aliphatic heterocycles. The molecule has 2 aromatic rings. The van der Waals surface area contributed by atoms with Gasteiger partial charge in [-0.1, -0.05) is 12.1 Å². The molecule has 0 amide bonds. The van der Waals surface area contributed by atoms with Crippen molar-refractivity contribution in [2.75, 3.05) is 0 Å². The van der Waals surface area contributed by atoms with E-state index in [1.165, 1.54) is 0 Å². The van der Waals surface area contributed by atoms with Gasteiger partial charge in [0, 0.05) is 0 Å². The van der Waals surface area contributed by atoms with Crippen molar-refractivity contribution in [2.45, 2.75) is 0 Å². The fourth-order valence-electron chi connectivity index (χ4n) is 0.956. The zero-order chi connectivity index (χ0) is 10.2. The van der Waals surface area contributed by atoms with Gasteiger partial charge in [0.05, 0.1) is 0 Å².